The van der Waals surface area contributed by atoms with Crippen molar-refractivity contribution in [2.24, 2.45) is 0 Å². The molecule has 2 aromatic carbocycles. The van der Waals surface area contributed by atoms with Gasteiger partial charge in [0.1, 0.15) is 11.8 Å². The van der Waals surface area contributed by atoms with Gasteiger partial charge >= 0.3 is 0 Å². The fraction of sp³-hybridized carbons (Fsp3) is 0.333. The predicted octanol–water partition coefficient (Wildman–Crippen LogP) is 2.29. The molecule has 8 nitrogen and oxygen atoms in total. The van der Waals surface area contributed by atoms with Gasteiger partial charge in [-0.05, 0) is 43.7 Å². The Balaban J connectivity index is 1.76. The van der Waals surface area contributed by atoms with Gasteiger partial charge < -0.3 is 14.8 Å². The maximum atomic E-state index is 13.0. The van der Waals surface area contributed by atoms with Gasteiger partial charge in [-0.2, -0.15) is 9.57 Å². The van der Waals surface area contributed by atoms with Crippen molar-refractivity contribution in [3.63, 3.8) is 0 Å². The highest BCUT2D eigenvalue weighted by atomic mass is 32.2. The molecule has 1 N–H and O–H groups in total. The van der Waals surface area contributed by atoms with Crippen molar-refractivity contribution in [2.45, 2.75) is 24.8 Å². The highest BCUT2D eigenvalue weighted by Gasteiger charge is 2.28. The van der Waals surface area contributed by atoms with E-state index in [1.54, 1.807) is 50.2 Å². The largest absolute Gasteiger partial charge is 0.480 e. The second-order valence-corrected chi connectivity index (χ2v) is 8.76. The van der Waals surface area contributed by atoms with Gasteiger partial charge in [0.05, 0.1) is 23.7 Å². The Morgan fingerprint density at radius 1 is 1.23 bits per heavy atom. The number of rotatable bonds is 6. The van der Waals surface area contributed by atoms with Crippen LogP contribution in [0.3, 0.4) is 0 Å². The van der Waals surface area contributed by atoms with E-state index in [2.05, 4.69) is 5.32 Å². The lowest BCUT2D eigenvalue weighted by molar-refractivity contribution is -0.122. The molecular formula is C21H23N3O5S. The molecule has 1 aliphatic heterocycles. The standard InChI is InChI=1S/C21H23N3O5S/c1-15-7-8-18(13-20(15)30(26,27)24-9-11-28-12-10-24)23-21(25)16(2)29-19-6-4-3-5-17(19)14-22/h3-8,13,16H,9-12H2,1-2H3,(H,23,25). The van der Waals surface area contributed by atoms with E-state index in [1.165, 1.54) is 10.4 Å². The molecule has 0 aromatic heterocycles. The number of nitrogens with one attached hydrogen (secondary N) is 1. The van der Waals surface area contributed by atoms with Crippen LogP contribution < -0.4 is 10.1 Å². The van der Waals surface area contributed by atoms with Crippen molar-refractivity contribution in [1.82, 2.24) is 4.31 Å². The zero-order valence-electron chi connectivity index (χ0n) is 16.8. The maximum Gasteiger partial charge on any atom is 0.265 e. The van der Waals surface area contributed by atoms with Crippen molar-refractivity contribution >= 4 is 21.6 Å². The third kappa shape index (κ3) is 4.79. The average molecular weight is 429 g/mol. The van der Waals surface area contributed by atoms with Crippen LogP contribution in [-0.4, -0.2) is 51.0 Å². The summed E-state index contributed by atoms with van der Waals surface area (Å²) in [5, 5.41) is 11.8. The van der Waals surface area contributed by atoms with Crippen LogP contribution in [0.4, 0.5) is 5.69 Å². The van der Waals surface area contributed by atoms with Gasteiger partial charge in [0.2, 0.25) is 10.0 Å². The number of carbonyl (C=O) groups is 1. The Labute approximate surface area is 176 Å². The summed E-state index contributed by atoms with van der Waals surface area (Å²) in [5.74, 6) is -0.150. The lowest BCUT2D eigenvalue weighted by atomic mass is 10.2. The number of hydrogen-bond acceptors (Lipinski definition) is 6. The van der Waals surface area contributed by atoms with Gasteiger partial charge in [-0.1, -0.05) is 18.2 Å². The third-order valence-corrected chi connectivity index (χ3v) is 6.76. The summed E-state index contributed by atoms with van der Waals surface area (Å²) in [7, 11) is -3.69. The zero-order valence-corrected chi connectivity index (χ0v) is 17.6. The number of aryl methyl sites for hydroxylation is 1. The van der Waals surface area contributed by atoms with Crippen molar-refractivity contribution < 1.29 is 22.7 Å². The van der Waals surface area contributed by atoms with E-state index < -0.39 is 22.0 Å². The van der Waals surface area contributed by atoms with E-state index in [0.717, 1.165) is 0 Å². The molecule has 9 heteroatoms. The Morgan fingerprint density at radius 3 is 2.63 bits per heavy atom. The Morgan fingerprint density at radius 2 is 1.93 bits per heavy atom. The molecule has 1 saturated heterocycles. The second-order valence-electron chi connectivity index (χ2n) is 6.85. The minimum absolute atomic E-state index is 0.144. The third-order valence-electron chi connectivity index (χ3n) is 4.72. The molecule has 30 heavy (non-hydrogen) atoms. The summed E-state index contributed by atoms with van der Waals surface area (Å²) >= 11 is 0. The van der Waals surface area contributed by atoms with Crippen LogP contribution in [0.25, 0.3) is 0 Å². The molecule has 0 saturated carbocycles. The average Bonchev–Trinajstić information content (AvgIpc) is 2.75. The number of hydrogen-bond donors (Lipinski definition) is 1. The first-order chi connectivity index (χ1) is 14.3. The summed E-state index contributed by atoms with van der Waals surface area (Å²) in [6, 6.07) is 13.4. The lowest BCUT2D eigenvalue weighted by Gasteiger charge is -2.27. The maximum absolute atomic E-state index is 13.0. The second kappa shape index (κ2) is 9.26. The Bertz CT molecular complexity index is 1070. The highest BCUT2D eigenvalue weighted by Crippen LogP contribution is 2.25. The van der Waals surface area contributed by atoms with Gasteiger partial charge in [-0.3, -0.25) is 4.79 Å². The first-order valence-electron chi connectivity index (χ1n) is 9.48. The summed E-state index contributed by atoms with van der Waals surface area (Å²) < 4.78 is 38.2. The fourth-order valence-electron chi connectivity index (χ4n) is 3.03. The van der Waals surface area contributed by atoms with Crippen LogP contribution in [0.1, 0.15) is 18.1 Å². The monoisotopic (exact) mass is 429 g/mol. The fourth-order valence-corrected chi connectivity index (χ4v) is 4.69. The number of nitrogens with zero attached hydrogens (tertiary/aromatic N) is 2. The van der Waals surface area contributed by atoms with E-state index in [-0.39, 0.29) is 4.90 Å². The van der Waals surface area contributed by atoms with Crippen molar-refractivity contribution in [3.05, 3.63) is 53.6 Å². The summed E-state index contributed by atoms with van der Waals surface area (Å²) in [4.78, 5) is 12.7. The first kappa shape index (κ1) is 21.8. The Kier molecular flexibility index (Phi) is 6.72. The quantitative estimate of drug-likeness (QED) is 0.755. The van der Waals surface area contributed by atoms with Crippen molar-refractivity contribution in [2.75, 3.05) is 31.6 Å². The van der Waals surface area contributed by atoms with E-state index in [4.69, 9.17) is 14.7 Å². The van der Waals surface area contributed by atoms with Crippen LogP contribution in [0, 0.1) is 18.3 Å². The zero-order chi connectivity index (χ0) is 21.7. The molecule has 0 bridgehead atoms. The molecule has 1 fully saturated rings. The van der Waals surface area contributed by atoms with Gasteiger partial charge in [0, 0.05) is 18.8 Å². The van der Waals surface area contributed by atoms with Crippen LogP contribution in [0.15, 0.2) is 47.4 Å². The van der Waals surface area contributed by atoms with E-state index >= 15 is 0 Å². The number of sulfonamides is 1. The molecule has 0 radical (unpaired) electrons. The van der Waals surface area contributed by atoms with Crippen LogP contribution >= 0.6 is 0 Å². The molecule has 0 spiro atoms. The number of morpholine rings is 1. The molecule has 1 amide bonds. The van der Waals surface area contributed by atoms with Crippen LogP contribution in [0.5, 0.6) is 5.75 Å². The SMILES string of the molecule is Cc1ccc(NC(=O)C(C)Oc2ccccc2C#N)cc1S(=O)(=O)N1CCOCC1. The molecule has 1 atom stereocenters. The molecule has 1 unspecified atom stereocenters. The van der Waals surface area contributed by atoms with Gasteiger partial charge in [0.15, 0.2) is 6.10 Å². The van der Waals surface area contributed by atoms with E-state index in [9.17, 15) is 13.2 Å². The molecule has 2 aromatic rings. The molecule has 158 valence electrons. The Hall–Kier alpha value is -2.93. The lowest BCUT2D eigenvalue weighted by Crippen LogP contribution is -2.40. The molecule has 1 aliphatic rings. The summed E-state index contributed by atoms with van der Waals surface area (Å²) in [6.07, 6.45) is -0.889. The number of nitriles is 1. The summed E-state index contributed by atoms with van der Waals surface area (Å²) in [6.45, 7) is 4.57. The number of ether oxygens (including phenoxy) is 2. The van der Waals surface area contributed by atoms with Crippen LogP contribution in [0.2, 0.25) is 0 Å². The normalized spacial score (nSPS) is 15.8. The number of para-hydroxylation sites is 1. The van der Waals surface area contributed by atoms with Crippen molar-refractivity contribution in [3.8, 4) is 11.8 Å². The number of anilines is 1. The highest BCUT2D eigenvalue weighted by molar-refractivity contribution is 7.89. The minimum Gasteiger partial charge on any atom is -0.480 e. The number of amides is 1. The minimum atomic E-state index is -3.69. The van der Waals surface area contributed by atoms with E-state index in [1.807, 2.05) is 6.07 Å². The number of carbonyl (C=O) groups excluding carboxylic acids is 1. The predicted molar refractivity (Wildman–Crippen MR) is 111 cm³/mol. The molecule has 0 aliphatic carbocycles. The molecular weight excluding hydrogens is 406 g/mol. The van der Waals surface area contributed by atoms with Gasteiger partial charge in [-0.15, -0.1) is 0 Å². The molecule has 1 heterocycles. The summed E-state index contributed by atoms with van der Waals surface area (Å²) in [5.41, 5.74) is 1.26. The number of benzene rings is 2. The van der Waals surface area contributed by atoms with Gasteiger partial charge in [-0.25, -0.2) is 8.42 Å². The van der Waals surface area contributed by atoms with E-state index in [0.29, 0.717) is 48.9 Å². The first-order valence-corrected chi connectivity index (χ1v) is 10.9. The molecule has 3 rings (SSSR count). The van der Waals surface area contributed by atoms with Crippen molar-refractivity contribution in [1.29, 1.82) is 5.26 Å². The van der Waals surface area contributed by atoms with Crippen LogP contribution in [-0.2, 0) is 19.6 Å². The topological polar surface area (TPSA) is 109 Å². The smallest absolute Gasteiger partial charge is 0.265 e. The van der Waals surface area contributed by atoms with Gasteiger partial charge in [0.25, 0.3) is 5.91 Å².